The molecule has 160 valence electrons. The standard InChI is InChI=1S/C26H31.3ClH.Ti/c1-7-21(6)22-8-9-23(16-22)26(24-12-17(2)10-18(3)13-24)25-14-19(4)11-20(5)15-25;;;;/h8-16,21,26H,7H2,1-6H3;3*1H;/q;;;;+3/p-3. The zero-order chi connectivity index (χ0) is 19.8. The van der Waals surface area contributed by atoms with Crippen molar-refractivity contribution in [1.29, 1.82) is 0 Å². The van der Waals surface area contributed by atoms with Gasteiger partial charge < -0.3 is 37.2 Å². The van der Waals surface area contributed by atoms with Crippen LogP contribution >= 0.6 is 0 Å². The SMILES string of the molecule is CCC(C)C1=C[C]([Ti+3])(C(c2cc(C)cc(C)c2)c2cc(C)cc(C)c2)C=C1.[Cl-].[Cl-].[Cl-]. The number of hydrogen-bond donors (Lipinski definition) is 0. The minimum atomic E-state index is -0.000764. The van der Waals surface area contributed by atoms with Crippen molar-refractivity contribution in [2.45, 2.75) is 57.6 Å². The Hall–Kier alpha value is -0.496. The van der Waals surface area contributed by atoms with Crippen molar-refractivity contribution in [2.24, 2.45) is 5.92 Å². The van der Waals surface area contributed by atoms with Gasteiger partial charge in [0.05, 0.1) is 0 Å². The van der Waals surface area contributed by atoms with E-state index in [2.05, 4.69) is 117 Å². The number of allylic oxidation sites excluding steroid dienone is 4. The van der Waals surface area contributed by atoms with Crippen LogP contribution in [0, 0.1) is 33.6 Å². The number of halogens is 3. The molecule has 0 heterocycles. The van der Waals surface area contributed by atoms with E-state index in [1.165, 1.54) is 45.4 Å². The van der Waals surface area contributed by atoms with Crippen LogP contribution < -0.4 is 37.2 Å². The van der Waals surface area contributed by atoms with E-state index in [9.17, 15) is 0 Å². The van der Waals surface area contributed by atoms with Gasteiger partial charge in [0.1, 0.15) is 0 Å². The van der Waals surface area contributed by atoms with E-state index in [1.807, 2.05) is 0 Å². The fourth-order valence-corrected chi connectivity index (χ4v) is 5.34. The van der Waals surface area contributed by atoms with Crippen LogP contribution in [0.1, 0.15) is 59.6 Å². The molecule has 0 aromatic heterocycles. The van der Waals surface area contributed by atoms with Gasteiger partial charge in [-0.05, 0) is 0 Å². The molecule has 0 fully saturated rings. The molecular formula is C26H31Cl3Ti. The summed E-state index contributed by atoms with van der Waals surface area (Å²) in [6.07, 6.45) is 8.52. The van der Waals surface area contributed by atoms with Gasteiger partial charge in [0, 0.05) is 0 Å². The van der Waals surface area contributed by atoms with Crippen LogP contribution in [-0.2, 0) is 20.4 Å². The molecule has 2 aromatic carbocycles. The van der Waals surface area contributed by atoms with Crippen molar-refractivity contribution < 1.29 is 57.7 Å². The second-order valence-electron chi connectivity index (χ2n) is 8.50. The van der Waals surface area contributed by atoms with Crippen molar-refractivity contribution in [2.75, 3.05) is 0 Å². The third-order valence-corrected chi connectivity index (χ3v) is 6.71. The molecule has 2 atom stereocenters. The maximum atomic E-state index is 2.53. The van der Waals surface area contributed by atoms with Gasteiger partial charge in [-0.25, -0.2) is 0 Å². The average molecular weight is 498 g/mol. The van der Waals surface area contributed by atoms with Gasteiger partial charge in [-0.2, -0.15) is 0 Å². The summed E-state index contributed by atoms with van der Waals surface area (Å²) < 4.78 is -0.000764. The molecule has 30 heavy (non-hydrogen) atoms. The van der Waals surface area contributed by atoms with Gasteiger partial charge in [0.25, 0.3) is 0 Å². The van der Waals surface area contributed by atoms with Crippen LogP contribution in [0.15, 0.2) is 60.2 Å². The van der Waals surface area contributed by atoms with Gasteiger partial charge in [0.15, 0.2) is 0 Å². The quantitative estimate of drug-likeness (QED) is 0.433. The summed E-state index contributed by atoms with van der Waals surface area (Å²) in [7, 11) is 0. The molecule has 1 aliphatic carbocycles. The maximum absolute atomic E-state index is 2.53. The van der Waals surface area contributed by atoms with Crippen LogP contribution in [0.3, 0.4) is 0 Å². The predicted octanol–water partition coefficient (Wildman–Crippen LogP) is -1.69. The molecule has 0 saturated heterocycles. The summed E-state index contributed by atoms with van der Waals surface area (Å²) in [4.78, 5) is 0. The molecule has 2 unspecified atom stereocenters. The Bertz CT molecular complexity index is 824. The Morgan fingerprint density at radius 3 is 1.53 bits per heavy atom. The Balaban J connectivity index is 0.00000280. The first-order valence-corrected chi connectivity index (χ1v) is 10.8. The summed E-state index contributed by atoms with van der Waals surface area (Å²) in [5, 5.41) is 0. The molecule has 4 heteroatoms. The van der Waals surface area contributed by atoms with Gasteiger partial charge in [-0.1, -0.05) is 0 Å². The maximum Gasteiger partial charge on any atom is -1.00 e. The molecule has 0 bridgehead atoms. The molecule has 0 N–H and O–H groups in total. The first-order valence-electron chi connectivity index (χ1n) is 10.0. The first-order chi connectivity index (χ1) is 12.7. The zero-order valence-electron chi connectivity index (χ0n) is 18.7. The predicted molar refractivity (Wildman–Crippen MR) is 113 cm³/mol. The third kappa shape index (κ3) is 6.50. The minimum absolute atomic E-state index is 0. The van der Waals surface area contributed by atoms with E-state index >= 15 is 0 Å². The van der Waals surface area contributed by atoms with Gasteiger partial charge in [0.2, 0.25) is 0 Å². The molecule has 0 nitrogen and oxygen atoms in total. The Morgan fingerprint density at radius 1 is 0.767 bits per heavy atom. The van der Waals surface area contributed by atoms with Crippen molar-refractivity contribution >= 4 is 0 Å². The van der Waals surface area contributed by atoms with Crippen LogP contribution in [0.25, 0.3) is 0 Å². The van der Waals surface area contributed by atoms with Crippen LogP contribution in [0.5, 0.6) is 0 Å². The Morgan fingerprint density at radius 2 is 1.17 bits per heavy atom. The number of rotatable bonds is 5. The van der Waals surface area contributed by atoms with Crippen molar-refractivity contribution in [3.63, 3.8) is 0 Å². The molecule has 3 rings (SSSR count). The Labute approximate surface area is 213 Å². The minimum Gasteiger partial charge on any atom is -1.00 e. The van der Waals surface area contributed by atoms with E-state index in [-0.39, 0.29) is 40.9 Å². The summed E-state index contributed by atoms with van der Waals surface area (Å²) in [5.41, 5.74) is 9.70. The van der Waals surface area contributed by atoms with E-state index in [4.69, 9.17) is 0 Å². The Kier molecular flexibility index (Phi) is 11.7. The largest absolute Gasteiger partial charge is 1.00 e. The van der Waals surface area contributed by atoms with Gasteiger partial charge in [-0.15, -0.1) is 0 Å². The second-order valence-corrected chi connectivity index (χ2v) is 9.85. The fourth-order valence-electron chi connectivity index (χ4n) is 4.43. The number of aryl methyl sites for hydroxylation is 4. The number of hydrogen-bond acceptors (Lipinski definition) is 0. The average Bonchev–Trinajstić information content (AvgIpc) is 2.95. The van der Waals surface area contributed by atoms with Gasteiger partial charge >= 0.3 is 178 Å². The van der Waals surface area contributed by atoms with Crippen LogP contribution in [0.4, 0.5) is 0 Å². The van der Waals surface area contributed by atoms with Gasteiger partial charge in [-0.3, -0.25) is 0 Å². The summed E-state index contributed by atoms with van der Waals surface area (Å²) >= 11 is 2.40. The molecular weight excluding hydrogens is 467 g/mol. The summed E-state index contributed by atoms with van der Waals surface area (Å²) in [6.45, 7) is 13.5. The van der Waals surface area contributed by atoms with E-state index in [0.29, 0.717) is 11.8 Å². The second kappa shape index (κ2) is 11.9. The van der Waals surface area contributed by atoms with Crippen molar-refractivity contribution in [3.8, 4) is 0 Å². The molecule has 0 saturated carbocycles. The van der Waals surface area contributed by atoms with E-state index in [0.717, 1.165) is 0 Å². The van der Waals surface area contributed by atoms with Crippen molar-refractivity contribution in [3.05, 3.63) is 93.6 Å². The van der Waals surface area contributed by atoms with Crippen LogP contribution in [-0.4, -0.2) is 0 Å². The molecule has 2 aromatic rings. The summed E-state index contributed by atoms with van der Waals surface area (Å²) in [5.74, 6) is 0.940. The number of benzene rings is 2. The third-order valence-electron chi connectivity index (χ3n) is 5.77. The fraction of sp³-hybridized carbons (Fsp3) is 0.385. The zero-order valence-corrected chi connectivity index (χ0v) is 22.5. The monoisotopic (exact) mass is 496 g/mol. The topological polar surface area (TPSA) is 0 Å². The molecule has 0 aliphatic heterocycles. The smallest absolute Gasteiger partial charge is 1.00 e. The normalized spacial score (nSPS) is 18.2. The summed E-state index contributed by atoms with van der Waals surface area (Å²) in [6, 6.07) is 14.1. The van der Waals surface area contributed by atoms with E-state index in [1.54, 1.807) is 0 Å². The molecule has 0 spiro atoms. The molecule has 0 radical (unpaired) electrons. The van der Waals surface area contributed by atoms with Crippen molar-refractivity contribution in [1.82, 2.24) is 0 Å². The molecule has 1 aliphatic rings. The first kappa shape index (κ1) is 29.5. The van der Waals surface area contributed by atoms with Crippen LogP contribution in [0.2, 0.25) is 3.72 Å². The molecule has 0 amide bonds. The van der Waals surface area contributed by atoms with E-state index < -0.39 is 0 Å².